The van der Waals surface area contributed by atoms with Crippen LogP contribution in [-0.4, -0.2) is 60.0 Å². The molecule has 5 nitrogen and oxygen atoms in total. The summed E-state index contributed by atoms with van der Waals surface area (Å²) < 4.78 is 0. The van der Waals surface area contributed by atoms with Crippen molar-refractivity contribution in [2.45, 2.75) is 39.2 Å². The minimum absolute atomic E-state index is 0.0849. The molecule has 1 amide bonds. The number of carbonyl (C=O) groups is 1. The molecule has 23 heavy (non-hydrogen) atoms. The molecule has 1 aromatic rings. The van der Waals surface area contributed by atoms with Gasteiger partial charge in [0.2, 0.25) is 0 Å². The van der Waals surface area contributed by atoms with Crippen molar-refractivity contribution >= 4 is 22.4 Å². The van der Waals surface area contributed by atoms with Gasteiger partial charge in [-0.25, -0.2) is 4.98 Å². The van der Waals surface area contributed by atoms with Gasteiger partial charge < -0.3 is 10.2 Å². The van der Waals surface area contributed by atoms with Gasteiger partial charge in [0, 0.05) is 44.6 Å². The van der Waals surface area contributed by atoms with E-state index in [1.54, 1.807) is 0 Å². The Morgan fingerprint density at radius 3 is 2.83 bits per heavy atom. The van der Waals surface area contributed by atoms with E-state index in [1.807, 2.05) is 17.3 Å². The Kier molecular flexibility index (Phi) is 5.21. The Labute approximate surface area is 143 Å². The lowest BCUT2D eigenvalue weighted by molar-refractivity contribution is 0.0699. The van der Waals surface area contributed by atoms with E-state index < -0.39 is 0 Å². The fraction of sp³-hybridized carbons (Fsp3) is 0.765. The van der Waals surface area contributed by atoms with Crippen molar-refractivity contribution in [1.29, 1.82) is 0 Å². The fourth-order valence-corrected chi connectivity index (χ4v) is 4.03. The highest BCUT2D eigenvalue weighted by Gasteiger charge is 2.33. The second-order valence-corrected chi connectivity index (χ2v) is 8.00. The van der Waals surface area contributed by atoms with E-state index in [2.05, 4.69) is 29.0 Å². The SMILES string of the molecule is CNc1nc(C(=O)N2CCCN(CC3CC3)[C@H](C(C)C)C2)cs1. The number of hydrogen-bond acceptors (Lipinski definition) is 5. The molecule has 0 bridgehead atoms. The molecule has 2 fully saturated rings. The monoisotopic (exact) mass is 336 g/mol. The van der Waals surface area contributed by atoms with Gasteiger partial charge in [0.15, 0.2) is 5.13 Å². The molecule has 3 rings (SSSR count). The quantitative estimate of drug-likeness (QED) is 0.898. The maximum Gasteiger partial charge on any atom is 0.273 e. The molecule has 0 unspecified atom stereocenters. The van der Waals surface area contributed by atoms with Crippen LogP contribution >= 0.6 is 11.3 Å². The van der Waals surface area contributed by atoms with Crippen LogP contribution in [0.1, 0.15) is 43.6 Å². The number of nitrogens with zero attached hydrogens (tertiary/aromatic N) is 3. The summed E-state index contributed by atoms with van der Waals surface area (Å²) in [6.45, 7) is 8.56. The Morgan fingerprint density at radius 2 is 2.22 bits per heavy atom. The minimum atomic E-state index is 0.0849. The topological polar surface area (TPSA) is 48.5 Å². The summed E-state index contributed by atoms with van der Waals surface area (Å²) >= 11 is 1.49. The molecule has 6 heteroatoms. The van der Waals surface area contributed by atoms with E-state index in [9.17, 15) is 4.79 Å². The molecule has 0 spiro atoms. The van der Waals surface area contributed by atoms with Gasteiger partial charge >= 0.3 is 0 Å². The molecule has 1 N–H and O–H groups in total. The molecule has 1 atom stereocenters. The molecule has 128 valence electrons. The first-order valence-electron chi connectivity index (χ1n) is 8.75. The second kappa shape index (κ2) is 7.18. The fourth-order valence-electron chi connectivity index (χ4n) is 3.39. The van der Waals surface area contributed by atoms with Gasteiger partial charge in [0.1, 0.15) is 5.69 Å². The molecule has 1 aliphatic heterocycles. The maximum absolute atomic E-state index is 12.8. The molecule has 0 radical (unpaired) electrons. The first kappa shape index (κ1) is 16.7. The van der Waals surface area contributed by atoms with Gasteiger partial charge in [-0.3, -0.25) is 9.69 Å². The first-order chi connectivity index (χ1) is 11.1. The van der Waals surface area contributed by atoms with Crippen molar-refractivity contribution in [3.8, 4) is 0 Å². The van der Waals surface area contributed by atoms with Crippen LogP contribution in [0.15, 0.2) is 5.38 Å². The van der Waals surface area contributed by atoms with Crippen molar-refractivity contribution in [2.24, 2.45) is 11.8 Å². The zero-order chi connectivity index (χ0) is 16.4. The highest BCUT2D eigenvalue weighted by atomic mass is 32.1. The van der Waals surface area contributed by atoms with Crippen LogP contribution in [-0.2, 0) is 0 Å². The predicted octanol–water partition coefficient (Wildman–Crippen LogP) is 2.77. The molecule has 1 saturated carbocycles. The first-order valence-corrected chi connectivity index (χ1v) is 9.63. The van der Waals surface area contributed by atoms with Crippen LogP contribution in [0, 0.1) is 11.8 Å². The summed E-state index contributed by atoms with van der Waals surface area (Å²) in [6, 6.07) is 0.462. The van der Waals surface area contributed by atoms with Crippen LogP contribution in [0.2, 0.25) is 0 Å². The summed E-state index contributed by atoms with van der Waals surface area (Å²) in [7, 11) is 1.84. The number of rotatable bonds is 5. The largest absolute Gasteiger partial charge is 0.365 e. The third-order valence-electron chi connectivity index (χ3n) is 4.93. The standard InChI is InChI=1S/C17H28N4OS/c1-12(2)15-10-21(8-4-7-20(15)9-13-5-6-13)16(22)14-11-23-17(18-3)19-14/h11-13,15H,4-10H2,1-3H3,(H,18,19)/t15-/m0/s1. The number of aromatic nitrogens is 1. The molecule has 1 aromatic heterocycles. The molecule has 1 aliphatic carbocycles. The summed E-state index contributed by atoms with van der Waals surface area (Å²) in [4.78, 5) is 21.9. The molecular weight excluding hydrogens is 308 g/mol. The third kappa shape index (κ3) is 4.04. The molecule has 2 aliphatic rings. The van der Waals surface area contributed by atoms with E-state index in [4.69, 9.17) is 0 Å². The van der Waals surface area contributed by atoms with E-state index >= 15 is 0 Å². The molecular formula is C17H28N4OS. The summed E-state index contributed by atoms with van der Waals surface area (Å²) in [5.41, 5.74) is 0.581. The van der Waals surface area contributed by atoms with Gasteiger partial charge in [-0.1, -0.05) is 13.8 Å². The molecule has 2 heterocycles. The van der Waals surface area contributed by atoms with Gasteiger partial charge in [-0.05, 0) is 31.1 Å². The molecule has 1 saturated heterocycles. The highest BCUT2D eigenvalue weighted by molar-refractivity contribution is 7.13. The number of thiazole rings is 1. The van der Waals surface area contributed by atoms with Crippen LogP contribution in [0.25, 0.3) is 0 Å². The van der Waals surface area contributed by atoms with Crippen LogP contribution < -0.4 is 5.32 Å². The predicted molar refractivity (Wildman–Crippen MR) is 95.1 cm³/mol. The smallest absolute Gasteiger partial charge is 0.273 e. The van der Waals surface area contributed by atoms with Crippen molar-refractivity contribution in [3.63, 3.8) is 0 Å². The average molecular weight is 337 g/mol. The minimum Gasteiger partial charge on any atom is -0.365 e. The lowest BCUT2D eigenvalue weighted by atomic mass is 10.0. The number of amides is 1. The van der Waals surface area contributed by atoms with Gasteiger partial charge in [0.05, 0.1) is 0 Å². The van der Waals surface area contributed by atoms with Crippen molar-refractivity contribution in [2.75, 3.05) is 38.5 Å². The van der Waals surface area contributed by atoms with Crippen molar-refractivity contribution in [3.05, 3.63) is 11.1 Å². The maximum atomic E-state index is 12.8. The Hall–Kier alpha value is -1.14. The Balaban J connectivity index is 1.70. The van der Waals surface area contributed by atoms with Crippen molar-refractivity contribution in [1.82, 2.24) is 14.8 Å². The van der Waals surface area contributed by atoms with Gasteiger partial charge in [-0.2, -0.15) is 0 Å². The number of anilines is 1. The van der Waals surface area contributed by atoms with Gasteiger partial charge in [-0.15, -0.1) is 11.3 Å². The summed E-state index contributed by atoms with van der Waals surface area (Å²) in [5, 5.41) is 5.68. The van der Waals surface area contributed by atoms with Crippen LogP contribution in [0.3, 0.4) is 0 Å². The van der Waals surface area contributed by atoms with E-state index in [1.165, 1.54) is 30.7 Å². The van der Waals surface area contributed by atoms with Crippen molar-refractivity contribution < 1.29 is 4.79 Å². The number of hydrogen-bond donors (Lipinski definition) is 1. The van der Waals surface area contributed by atoms with E-state index in [0.717, 1.165) is 37.1 Å². The summed E-state index contributed by atoms with van der Waals surface area (Å²) in [5.74, 6) is 1.54. The number of nitrogens with one attached hydrogen (secondary N) is 1. The van der Waals surface area contributed by atoms with Gasteiger partial charge in [0.25, 0.3) is 5.91 Å². The Morgan fingerprint density at radius 1 is 1.43 bits per heavy atom. The van der Waals surface area contributed by atoms with Crippen LogP contribution in [0.5, 0.6) is 0 Å². The third-order valence-corrected chi connectivity index (χ3v) is 5.79. The Bertz CT molecular complexity index is 540. The second-order valence-electron chi connectivity index (χ2n) is 7.14. The lowest BCUT2D eigenvalue weighted by Gasteiger charge is -2.34. The average Bonchev–Trinajstić information content (AvgIpc) is 3.26. The highest BCUT2D eigenvalue weighted by Crippen LogP contribution is 2.32. The number of carbonyl (C=O) groups excluding carboxylic acids is 1. The van der Waals surface area contributed by atoms with E-state index in [0.29, 0.717) is 17.7 Å². The summed E-state index contributed by atoms with van der Waals surface area (Å²) in [6.07, 6.45) is 3.83. The zero-order valence-electron chi connectivity index (χ0n) is 14.4. The normalized spacial score (nSPS) is 23.1. The van der Waals surface area contributed by atoms with E-state index in [-0.39, 0.29) is 5.91 Å². The lowest BCUT2D eigenvalue weighted by Crippen LogP contribution is -2.46. The molecule has 0 aromatic carbocycles. The zero-order valence-corrected chi connectivity index (χ0v) is 15.2. The van der Waals surface area contributed by atoms with Crippen LogP contribution in [0.4, 0.5) is 5.13 Å².